The Labute approximate surface area is 121 Å². The van der Waals surface area contributed by atoms with E-state index in [-0.39, 0.29) is 6.61 Å². The van der Waals surface area contributed by atoms with E-state index in [9.17, 15) is 5.11 Å². The summed E-state index contributed by atoms with van der Waals surface area (Å²) in [5.74, 6) is 0.763. The topological polar surface area (TPSA) is 123 Å². The molecule has 114 valence electrons. The van der Waals surface area contributed by atoms with E-state index in [2.05, 4.69) is 15.0 Å². The van der Waals surface area contributed by atoms with E-state index in [1.165, 1.54) is 0 Å². The average Bonchev–Trinajstić information content (AvgIpc) is 3.01. The minimum absolute atomic E-state index is 0.232. The lowest BCUT2D eigenvalue weighted by Crippen LogP contribution is -2.24. The minimum Gasteiger partial charge on any atom is -0.394 e. The molecule has 2 aromatic heterocycles. The number of imidazole rings is 1. The largest absolute Gasteiger partial charge is 0.394 e. The molecule has 0 spiro atoms. The van der Waals surface area contributed by atoms with Gasteiger partial charge in [-0.15, -0.1) is 0 Å². The van der Waals surface area contributed by atoms with Crippen molar-refractivity contribution in [1.82, 2.24) is 19.5 Å². The van der Waals surface area contributed by atoms with E-state index in [0.717, 1.165) is 0 Å². The maximum atomic E-state index is 9.84. The van der Waals surface area contributed by atoms with Crippen LogP contribution in [0.25, 0.3) is 11.2 Å². The quantitative estimate of drug-likeness (QED) is 0.666. The van der Waals surface area contributed by atoms with Crippen LogP contribution in [0, 0.1) is 0 Å². The van der Waals surface area contributed by atoms with Gasteiger partial charge in [0.1, 0.15) is 17.8 Å². The second-order valence-corrected chi connectivity index (χ2v) is 5.24. The number of aliphatic hydroxyl groups is 2. The third-order valence-corrected chi connectivity index (χ3v) is 3.53. The number of aliphatic hydroxyl groups excluding tert-OH is 2. The Balaban J connectivity index is 2.04. The van der Waals surface area contributed by atoms with Crippen molar-refractivity contribution >= 4 is 22.9 Å². The summed E-state index contributed by atoms with van der Waals surface area (Å²) in [7, 11) is 3.64. The molecule has 0 aliphatic carbocycles. The number of anilines is 2. The zero-order chi connectivity index (χ0) is 15.1. The van der Waals surface area contributed by atoms with Gasteiger partial charge in [-0.1, -0.05) is 0 Å². The van der Waals surface area contributed by atoms with E-state index >= 15 is 0 Å². The molecule has 3 heterocycles. The molecular formula is C12H18N6O3. The molecule has 0 saturated carbocycles. The van der Waals surface area contributed by atoms with Crippen LogP contribution in [-0.2, 0) is 4.74 Å². The Morgan fingerprint density at radius 1 is 1.48 bits per heavy atom. The molecule has 0 amide bonds. The highest BCUT2D eigenvalue weighted by molar-refractivity contribution is 5.83. The van der Waals surface area contributed by atoms with Gasteiger partial charge in [-0.25, -0.2) is 4.98 Å². The summed E-state index contributed by atoms with van der Waals surface area (Å²) in [6, 6.07) is 0. The molecule has 3 rings (SSSR count). The summed E-state index contributed by atoms with van der Waals surface area (Å²) in [4.78, 5) is 14.6. The average molecular weight is 294 g/mol. The lowest BCUT2D eigenvalue weighted by Gasteiger charge is -2.15. The van der Waals surface area contributed by atoms with E-state index in [1.807, 2.05) is 14.1 Å². The summed E-state index contributed by atoms with van der Waals surface area (Å²) >= 11 is 0. The highest BCUT2D eigenvalue weighted by Gasteiger charge is 2.35. The Bertz CT molecular complexity index is 658. The van der Waals surface area contributed by atoms with Gasteiger partial charge in [-0.2, -0.15) is 9.97 Å². The SMILES string of the molecule is CN(C)c1nc(N)c2ncn([C@H]3C[C@H](O)[C@@H](CO)O3)c2n1. The number of hydrogen-bond donors (Lipinski definition) is 3. The Kier molecular flexibility index (Phi) is 3.40. The first kappa shape index (κ1) is 14.0. The van der Waals surface area contributed by atoms with Crippen molar-refractivity contribution in [2.45, 2.75) is 24.9 Å². The summed E-state index contributed by atoms with van der Waals surface area (Å²) in [5, 5.41) is 19.0. The van der Waals surface area contributed by atoms with E-state index in [1.54, 1.807) is 15.8 Å². The van der Waals surface area contributed by atoms with E-state index < -0.39 is 18.4 Å². The number of aromatic nitrogens is 4. The van der Waals surface area contributed by atoms with Gasteiger partial charge < -0.3 is 25.6 Å². The fourth-order valence-electron chi connectivity index (χ4n) is 2.39. The highest BCUT2D eigenvalue weighted by atomic mass is 16.5. The molecule has 0 aromatic carbocycles. The predicted molar refractivity (Wildman–Crippen MR) is 75.7 cm³/mol. The Hall–Kier alpha value is -1.97. The predicted octanol–water partition coefficient (Wildman–Crippen LogP) is -0.885. The van der Waals surface area contributed by atoms with Gasteiger partial charge in [0.15, 0.2) is 11.5 Å². The minimum atomic E-state index is -0.718. The molecule has 0 bridgehead atoms. The van der Waals surface area contributed by atoms with Gasteiger partial charge in [0, 0.05) is 20.5 Å². The van der Waals surface area contributed by atoms with Crippen molar-refractivity contribution < 1.29 is 14.9 Å². The molecule has 1 fully saturated rings. The lowest BCUT2D eigenvalue weighted by molar-refractivity contribution is -0.0432. The standard InChI is InChI=1S/C12H18N6O3/c1-17(2)12-15-10(13)9-11(16-12)18(5-14-9)8-3-6(20)7(4-19)21-8/h5-8,19-20H,3-4H2,1-2H3,(H2,13,15,16)/t6-,7+,8+/m0/s1. The molecule has 1 aliphatic heterocycles. The molecule has 1 aliphatic rings. The fourth-order valence-corrected chi connectivity index (χ4v) is 2.39. The van der Waals surface area contributed by atoms with Crippen molar-refractivity contribution in [1.29, 1.82) is 0 Å². The van der Waals surface area contributed by atoms with Crippen LogP contribution in [0.15, 0.2) is 6.33 Å². The zero-order valence-electron chi connectivity index (χ0n) is 11.8. The number of fused-ring (bicyclic) bond motifs is 1. The smallest absolute Gasteiger partial charge is 0.228 e. The van der Waals surface area contributed by atoms with Crippen molar-refractivity contribution in [3.63, 3.8) is 0 Å². The van der Waals surface area contributed by atoms with Gasteiger partial charge in [-0.3, -0.25) is 4.57 Å². The van der Waals surface area contributed by atoms with Crippen LogP contribution >= 0.6 is 0 Å². The first-order chi connectivity index (χ1) is 10.0. The van der Waals surface area contributed by atoms with Gasteiger partial charge in [0.05, 0.1) is 19.0 Å². The third-order valence-electron chi connectivity index (χ3n) is 3.53. The van der Waals surface area contributed by atoms with Gasteiger partial charge in [0.2, 0.25) is 5.95 Å². The van der Waals surface area contributed by atoms with Crippen molar-refractivity contribution in [2.75, 3.05) is 31.3 Å². The molecule has 9 heteroatoms. The van der Waals surface area contributed by atoms with Crippen LogP contribution in [0.5, 0.6) is 0 Å². The summed E-state index contributed by atoms with van der Waals surface area (Å²) < 4.78 is 7.33. The third kappa shape index (κ3) is 2.28. The molecule has 0 radical (unpaired) electrons. The molecule has 0 unspecified atom stereocenters. The number of nitrogens with zero attached hydrogens (tertiary/aromatic N) is 5. The van der Waals surface area contributed by atoms with Crippen LogP contribution in [0.1, 0.15) is 12.6 Å². The normalized spacial score (nSPS) is 25.6. The molecular weight excluding hydrogens is 276 g/mol. The number of hydrogen-bond acceptors (Lipinski definition) is 8. The fraction of sp³-hybridized carbons (Fsp3) is 0.583. The monoisotopic (exact) mass is 294 g/mol. The first-order valence-corrected chi connectivity index (χ1v) is 6.63. The zero-order valence-corrected chi connectivity index (χ0v) is 11.8. The molecule has 9 nitrogen and oxygen atoms in total. The number of ether oxygens (including phenoxy) is 1. The second kappa shape index (κ2) is 5.10. The van der Waals surface area contributed by atoms with Crippen LogP contribution in [0.4, 0.5) is 11.8 Å². The highest BCUT2D eigenvalue weighted by Crippen LogP contribution is 2.31. The summed E-state index contributed by atoms with van der Waals surface area (Å²) in [6.07, 6.45) is 0.167. The summed E-state index contributed by atoms with van der Waals surface area (Å²) in [5.41, 5.74) is 6.94. The van der Waals surface area contributed by atoms with E-state index in [0.29, 0.717) is 29.4 Å². The van der Waals surface area contributed by atoms with Crippen LogP contribution < -0.4 is 10.6 Å². The van der Waals surface area contributed by atoms with Crippen LogP contribution in [0.2, 0.25) is 0 Å². The van der Waals surface area contributed by atoms with Gasteiger partial charge in [0.25, 0.3) is 0 Å². The molecule has 1 saturated heterocycles. The first-order valence-electron chi connectivity index (χ1n) is 6.63. The Morgan fingerprint density at radius 3 is 2.86 bits per heavy atom. The Morgan fingerprint density at radius 2 is 2.24 bits per heavy atom. The summed E-state index contributed by atoms with van der Waals surface area (Å²) in [6.45, 7) is -0.232. The number of nitrogen functional groups attached to an aromatic ring is 1. The van der Waals surface area contributed by atoms with Crippen molar-refractivity contribution in [3.05, 3.63) is 6.33 Å². The van der Waals surface area contributed by atoms with Crippen LogP contribution in [0.3, 0.4) is 0 Å². The van der Waals surface area contributed by atoms with Gasteiger partial charge >= 0.3 is 0 Å². The molecule has 3 atom stereocenters. The lowest BCUT2D eigenvalue weighted by atomic mass is 10.2. The maximum Gasteiger partial charge on any atom is 0.228 e. The molecule has 2 aromatic rings. The molecule has 21 heavy (non-hydrogen) atoms. The number of nitrogens with two attached hydrogens (primary N) is 1. The van der Waals surface area contributed by atoms with Gasteiger partial charge in [-0.05, 0) is 0 Å². The molecule has 4 N–H and O–H groups in total. The number of rotatable bonds is 3. The van der Waals surface area contributed by atoms with Crippen molar-refractivity contribution in [3.8, 4) is 0 Å². The van der Waals surface area contributed by atoms with Crippen LogP contribution in [-0.4, -0.2) is 62.6 Å². The second-order valence-electron chi connectivity index (χ2n) is 5.24. The van der Waals surface area contributed by atoms with E-state index in [4.69, 9.17) is 15.6 Å². The van der Waals surface area contributed by atoms with Crippen molar-refractivity contribution in [2.24, 2.45) is 0 Å². The maximum absolute atomic E-state index is 9.84.